The van der Waals surface area contributed by atoms with E-state index in [2.05, 4.69) is 53.5 Å². The molecular formula is C17H21ClN2. The molecular weight excluding hydrogens is 268 g/mol. The Kier molecular flexibility index (Phi) is 5.05. The first-order valence-electron chi connectivity index (χ1n) is 6.88. The molecule has 0 fully saturated rings. The van der Waals surface area contributed by atoms with Crippen molar-refractivity contribution in [2.75, 3.05) is 25.5 Å². The fourth-order valence-corrected chi connectivity index (χ4v) is 2.42. The van der Waals surface area contributed by atoms with Gasteiger partial charge in [-0.3, -0.25) is 0 Å². The van der Waals surface area contributed by atoms with Crippen LogP contribution in [0.3, 0.4) is 0 Å². The lowest BCUT2D eigenvalue weighted by atomic mass is 10.0. The van der Waals surface area contributed by atoms with Gasteiger partial charge in [-0.2, -0.15) is 0 Å². The molecule has 0 spiro atoms. The smallest absolute Gasteiger partial charge is 0.0487 e. The van der Waals surface area contributed by atoms with Crippen molar-refractivity contribution < 1.29 is 0 Å². The molecule has 2 nitrogen and oxygen atoms in total. The van der Waals surface area contributed by atoms with Crippen LogP contribution in [0.1, 0.15) is 12.5 Å². The Bertz CT molecular complexity index is 562. The average Bonchev–Trinajstić information content (AvgIpc) is 2.45. The predicted octanol–water partition coefficient (Wildman–Crippen LogP) is 4.18. The van der Waals surface area contributed by atoms with Gasteiger partial charge in [0.2, 0.25) is 0 Å². The highest BCUT2D eigenvalue weighted by molar-refractivity contribution is 6.33. The number of nitrogens with one attached hydrogen (secondary N) is 1. The SMILES string of the molecule is CCNCc1ccc(-c2ccc(N(C)C)cc2)c(Cl)c1. The second-order valence-corrected chi connectivity index (χ2v) is 5.44. The lowest BCUT2D eigenvalue weighted by Crippen LogP contribution is -2.11. The summed E-state index contributed by atoms with van der Waals surface area (Å²) < 4.78 is 0. The molecule has 2 rings (SSSR count). The highest BCUT2D eigenvalue weighted by atomic mass is 35.5. The normalized spacial score (nSPS) is 10.6. The molecule has 0 bridgehead atoms. The third kappa shape index (κ3) is 3.53. The van der Waals surface area contributed by atoms with E-state index in [-0.39, 0.29) is 0 Å². The van der Waals surface area contributed by atoms with Crippen LogP contribution >= 0.6 is 11.6 Å². The molecule has 0 saturated carbocycles. The van der Waals surface area contributed by atoms with E-state index in [0.717, 1.165) is 29.2 Å². The Morgan fingerprint density at radius 3 is 2.30 bits per heavy atom. The lowest BCUT2D eigenvalue weighted by molar-refractivity contribution is 0.727. The Balaban J connectivity index is 2.24. The van der Waals surface area contributed by atoms with E-state index < -0.39 is 0 Å². The zero-order valence-electron chi connectivity index (χ0n) is 12.3. The van der Waals surface area contributed by atoms with E-state index in [1.54, 1.807) is 0 Å². The summed E-state index contributed by atoms with van der Waals surface area (Å²) in [5, 5.41) is 4.11. The van der Waals surface area contributed by atoms with Gasteiger partial charge in [0, 0.05) is 36.9 Å². The summed E-state index contributed by atoms with van der Waals surface area (Å²) in [6.45, 7) is 3.92. The zero-order chi connectivity index (χ0) is 14.5. The molecule has 2 aromatic carbocycles. The van der Waals surface area contributed by atoms with Crippen molar-refractivity contribution >= 4 is 17.3 Å². The molecule has 1 N–H and O–H groups in total. The monoisotopic (exact) mass is 288 g/mol. The van der Waals surface area contributed by atoms with Crippen LogP contribution < -0.4 is 10.2 Å². The number of hydrogen-bond donors (Lipinski definition) is 1. The molecule has 0 unspecified atom stereocenters. The Hall–Kier alpha value is -1.51. The molecule has 0 radical (unpaired) electrons. The van der Waals surface area contributed by atoms with Crippen LogP contribution in [-0.2, 0) is 6.54 Å². The van der Waals surface area contributed by atoms with Gasteiger partial charge in [-0.1, -0.05) is 42.8 Å². The van der Waals surface area contributed by atoms with Crippen molar-refractivity contribution in [3.8, 4) is 11.1 Å². The maximum Gasteiger partial charge on any atom is 0.0487 e. The number of rotatable bonds is 5. The summed E-state index contributed by atoms with van der Waals surface area (Å²) in [6, 6.07) is 14.7. The maximum atomic E-state index is 6.41. The molecule has 0 aliphatic rings. The Morgan fingerprint density at radius 1 is 1.05 bits per heavy atom. The topological polar surface area (TPSA) is 15.3 Å². The number of hydrogen-bond acceptors (Lipinski definition) is 2. The second kappa shape index (κ2) is 6.78. The summed E-state index contributed by atoms with van der Waals surface area (Å²) in [7, 11) is 4.08. The molecule has 0 aliphatic heterocycles. The Labute approximate surface area is 126 Å². The van der Waals surface area contributed by atoms with E-state index in [1.165, 1.54) is 11.3 Å². The molecule has 0 amide bonds. The van der Waals surface area contributed by atoms with Crippen LogP contribution in [0.25, 0.3) is 11.1 Å². The van der Waals surface area contributed by atoms with Gasteiger partial charge in [-0.05, 0) is 35.9 Å². The van der Waals surface area contributed by atoms with Crippen molar-refractivity contribution in [1.82, 2.24) is 5.32 Å². The standard InChI is InChI=1S/C17H21ClN2/c1-4-19-12-13-5-10-16(17(18)11-13)14-6-8-15(9-7-14)20(2)3/h5-11,19H,4,12H2,1-3H3. The molecule has 20 heavy (non-hydrogen) atoms. The molecule has 0 atom stereocenters. The van der Waals surface area contributed by atoms with Gasteiger partial charge in [0.25, 0.3) is 0 Å². The summed E-state index contributed by atoms with van der Waals surface area (Å²) in [6.07, 6.45) is 0. The molecule has 0 saturated heterocycles. The van der Waals surface area contributed by atoms with Crippen LogP contribution in [0.2, 0.25) is 5.02 Å². The quantitative estimate of drug-likeness (QED) is 0.888. The van der Waals surface area contributed by atoms with E-state index in [9.17, 15) is 0 Å². The fourth-order valence-electron chi connectivity index (χ4n) is 2.11. The Morgan fingerprint density at radius 2 is 1.75 bits per heavy atom. The number of benzene rings is 2. The minimum atomic E-state index is 0.804. The average molecular weight is 289 g/mol. The summed E-state index contributed by atoms with van der Waals surface area (Å²) in [5.74, 6) is 0. The lowest BCUT2D eigenvalue weighted by Gasteiger charge is -2.13. The fraction of sp³-hybridized carbons (Fsp3) is 0.294. The van der Waals surface area contributed by atoms with Gasteiger partial charge in [-0.15, -0.1) is 0 Å². The van der Waals surface area contributed by atoms with Crippen molar-refractivity contribution in [1.29, 1.82) is 0 Å². The zero-order valence-corrected chi connectivity index (χ0v) is 13.0. The van der Waals surface area contributed by atoms with Crippen LogP contribution in [0, 0.1) is 0 Å². The first-order chi connectivity index (χ1) is 9.61. The minimum absolute atomic E-state index is 0.804. The van der Waals surface area contributed by atoms with Gasteiger partial charge in [-0.25, -0.2) is 0 Å². The van der Waals surface area contributed by atoms with Gasteiger partial charge in [0.15, 0.2) is 0 Å². The van der Waals surface area contributed by atoms with Gasteiger partial charge in [0.05, 0.1) is 0 Å². The highest BCUT2D eigenvalue weighted by Gasteiger charge is 2.05. The molecule has 0 aromatic heterocycles. The second-order valence-electron chi connectivity index (χ2n) is 5.04. The third-order valence-electron chi connectivity index (χ3n) is 3.31. The van der Waals surface area contributed by atoms with E-state index in [1.807, 2.05) is 20.2 Å². The van der Waals surface area contributed by atoms with Crippen LogP contribution in [-0.4, -0.2) is 20.6 Å². The van der Waals surface area contributed by atoms with Gasteiger partial charge in [0.1, 0.15) is 0 Å². The van der Waals surface area contributed by atoms with Crippen LogP contribution in [0.5, 0.6) is 0 Å². The minimum Gasteiger partial charge on any atom is -0.378 e. The van der Waals surface area contributed by atoms with Gasteiger partial charge < -0.3 is 10.2 Å². The molecule has 2 aromatic rings. The van der Waals surface area contributed by atoms with Crippen molar-refractivity contribution in [3.05, 3.63) is 53.1 Å². The first kappa shape index (κ1) is 14.9. The number of halogens is 1. The summed E-state index contributed by atoms with van der Waals surface area (Å²) in [4.78, 5) is 2.09. The van der Waals surface area contributed by atoms with E-state index in [0.29, 0.717) is 0 Å². The third-order valence-corrected chi connectivity index (χ3v) is 3.62. The van der Waals surface area contributed by atoms with Crippen molar-refractivity contribution in [2.45, 2.75) is 13.5 Å². The highest BCUT2D eigenvalue weighted by Crippen LogP contribution is 2.30. The number of anilines is 1. The molecule has 106 valence electrons. The van der Waals surface area contributed by atoms with E-state index >= 15 is 0 Å². The van der Waals surface area contributed by atoms with Gasteiger partial charge >= 0.3 is 0 Å². The predicted molar refractivity (Wildman–Crippen MR) is 88.6 cm³/mol. The summed E-state index contributed by atoms with van der Waals surface area (Å²) >= 11 is 6.41. The first-order valence-corrected chi connectivity index (χ1v) is 7.26. The van der Waals surface area contributed by atoms with E-state index in [4.69, 9.17) is 11.6 Å². The van der Waals surface area contributed by atoms with Crippen LogP contribution in [0.15, 0.2) is 42.5 Å². The maximum absolute atomic E-state index is 6.41. The molecule has 0 heterocycles. The van der Waals surface area contributed by atoms with Crippen molar-refractivity contribution in [2.24, 2.45) is 0 Å². The number of nitrogens with zero attached hydrogens (tertiary/aromatic N) is 1. The molecule has 0 aliphatic carbocycles. The largest absolute Gasteiger partial charge is 0.378 e. The molecule has 3 heteroatoms. The van der Waals surface area contributed by atoms with Crippen LogP contribution in [0.4, 0.5) is 5.69 Å². The summed E-state index contributed by atoms with van der Waals surface area (Å²) in [5.41, 5.74) is 4.63. The van der Waals surface area contributed by atoms with Crippen molar-refractivity contribution in [3.63, 3.8) is 0 Å².